The average Bonchev–Trinajstić information content (AvgIpc) is 2.52. The molecule has 0 bridgehead atoms. The third-order valence-electron chi connectivity index (χ3n) is 2.57. The highest BCUT2D eigenvalue weighted by molar-refractivity contribution is 6.05. The minimum Gasteiger partial charge on any atom is -0.395 e. The Morgan fingerprint density at radius 1 is 1.47 bits per heavy atom. The van der Waals surface area contributed by atoms with Gasteiger partial charge < -0.3 is 5.11 Å². The first-order valence-corrected chi connectivity index (χ1v) is 5.37. The predicted molar refractivity (Wildman–Crippen MR) is 55.1 cm³/mol. The van der Waals surface area contributed by atoms with Gasteiger partial charge in [-0.3, -0.25) is 19.8 Å². The lowest BCUT2D eigenvalue weighted by atomic mass is 10.2. The van der Waals surface area contributed by atoms with E-state index in [0.717, 1.165) is 19.4 Å². The highest BCUT2D eigenvalue weighted by atomic mass is 16.3. The van der Waals surface area contributed by atoms with Crippen LogP contribution in [0.4, 0.5) is 0 Å². The van der Waals surface area contributed by atoms with Gasteiger partial charge in [-0.15, -0.1) is 0 Å². The Labute approximate surface area is 89.4 Å². The number of unbranched alkanes of at least 4 members (excludes halogenated alkanes) is 1. The first kappa shape index (κ1) is 12.1. The summed E-state index contributed by atoms with van der Waals surface area (Å²) in [7, 11) is 0. The van der Waals surface area contributed by atoms with E-state index in [9.17, 15) is 9.59 Å². The van der Waals surface area contributed by atoms with Gasteiger partial charge in [0.1, 0.15) is 0 Å². The summed E-state index contributed by atoms with van der Waals surface area (Å²) in [6, 6.07) is -0.379. The fourth-order valence-corrected chi connectivity index (χ4v) is 1.75. The van der Waals surface area contributed by atoms with E-state index in [1.165, 1.54) is 0 Å². The summed E-state index contributed by atoms with van der Waals surface area (Å²) in [5.74, 6) is -0.450. The van der Waals surface area contributed by atoms with Crippen LogP contribution in [0.25, 0.3) is 0 Å². The Hall–Kier alpha value is -0.940. The number of carbonyl (C=O) groups is 2. The van der Waals surface area contributed by atoms with Crippen molar-refractivity contribution in [2.45, 2.75) is 32.2 Å². The summed E-state index contributed by atoms with van der Waals surface area (Å²) in [4.78, 5) is 24.3. The van der Waals surface area contributed by atoms with Crippen molar-refractivity contribution in [1.29, 1.82) is 0 Å². The summed E-state index contributed by atoms with van der Waals surface area (Å²) in [5.41, 5.74) is 0. The van der Waals surface area contributed by atoms with E-state index in [2.05, 4.69) is 12.2 Å². The molecular formula is C10H18N2O3. The van der Waals surface area contributed by atoms with Crippen molar-refractivity contribution in [3.05, 3.63) is 0 Å². The number of aliphatic hydroxyl groups excluding tert-OH is 1. The number of hydrogen-bond acceptors (Lipinski definition) is 4. The molecule has 1 unspecified atom stereocenters. The first-order valence-electron chi connectivity index (χ1n) is 5.37. The summed E-state index contributed by atoms with van der Waals surface area (Å²) in [6.07, 6.45) is 2.23. The summed E-state index contributed by atoms with van der Waals surface area (Å²) < 4.78 is 0. The van der Waals surface area contributed by atoms with Crippen molar-refractivity contribution in [2.24, 2.45) is 0 Å². The van der Waals surface area contributed by atoms with Crippen molar-refractivity contribution >= 4 is 11.8 Å². The van der Waals surface area contributed by atoms with Crippen LogP contribution >= 0.6 is 0 Å². The molecule has 0 spiro atoms. The lowest BCUT2D eigenvalue weighted by molar-refractivity contribution is -0.126. The van der Waals surface area contributed by atoms with Gasteiger partial charge >= 0.3 is 0 Å². The van der Waals surface area contributed by atoms with Crippen molar-refractivity contribution < 1.29 is 14.7 Å². The van der Waals surface area contributed by atoms with Crippen LogP contribution in [-0.4, -0.2) is 47.6 Å². The number of hydrogen-bond donors (Lipinski definition) is 2. The molecule has 5 nitrogen and oxygen atoms in total. The van der Waals surface area contributed by atoms with Crippen molar-refractivity contribution in [3.63, 3.8) is 0 Å². The maximum absolute atomic E-state index is 11.4. The Kier molecular flexibility index (Phi) is 4.71. The lowest BCUT2D eigenvalue weighted by Gasteiger charge is -2.25. The number of carbonyl (C=O) groups excluding carboxylic acids is 2. The second kappa shape index (κ2) is 5.82. The van der Waals surface area contributed by atoms with E-state index in [0.29, 0.717) is 6.54 Å². The van der Waals surface area contributed by atoms with E-state index < -0.39 is 0 Å². The molecule has 1 heterocycles. The van der Waals surface area contributed by atoms with Crippen molar-refractivity contribution in [1.82, 2.24) is 10.2 Å². The van der Waals surface area contributed by atoms with Crippen LogP contribution in [0, 0.1) is 0 Å². The fraction of sp³-hybridized carbons (Fsp3) is 0.800. The SMILES string of the molecule is CCCCN(CCO)C1CC(=O)NC1=O. The van der Waals surface area contributed by atoms with E-state index in [-0.39, 0.29) is 30.9 Å². The minimum absolute atomic E-state index is 0.0156. The molecule has 0 radical (unpaired) electrons. The maximum Gasteiger partial charge on any atom is 0.244 e. The molecule has 15 heavy (non-hydrogen) atoms. The molecule has 0 aromatic carbocycles. The molecule has 1 saturated heterocycles. The predicted octanol–water partition coefficient (Wildman–Crippen LogP) is -0.504. The number of nitrogens with one attached hydrogen (secondary N) is 1. The monoisotopic (exact) mass is 214 g/mol. The second-order valence-electron chi connectivity index (χ2n) is 3.75. The highest BCUT2D eigenvalue weighted by Crippen LogP contribution is 2.11. The van der Waals surface area contributed by atoms with Gasteiger partial charge in [0, 0.05) is 6.54 Å². The smallest absolute Gasteiger partial charge is 0.244 e. The van der Waals surface area contributed by atoms with Crippen LogP contribution in [0.15, 0.2) is 0 Å². The van der Waals surface area contributed by atoms with Crippen LogP contribution in [-0.2, 0) is 9.59 Å². The zero-order chi connectivity index (χ0) is 11.3. The molecule has 0 aliphatic carbocycles. The highest BCUT2D eigenvalue weighted by Gasteiger charge is 2.34. The van der Waals surface area contributed by atoms with Crippen LogP contribution in [0.1, 0.15) is 26.2 Å². The van der Waals surface area contributed by atoms with E-state index in [1.807, 2.05) is 4.90 Å². The van der Waals surface area contributed by atoms with Crippen LogP contribution in [0.5, 0.6) is 0 Å². The Balaban J connectivity index is 2.54. The van der Waals surface area contributed by atoms with Gasteiger partial charge in [0.25, 0.3) is 0 Å². The van der Waals surface area contributed by atoms with Crippen LogP contribution in [0.2, 0.25) is 0 Å². The van der Waals surface area contributed by atoms with E-state index in [1.54, 1.807) is 0 Å². The molecule has 1 rings (SSSR count). The maximum atomic E-state index is 11.4. The van der Waals surface area contributed by atoms with Gasteiger partial charge in [-0.05, 0) is 13.0 Å². The topological polar surface area (TPSA) is 69.6 Å². The summed E-state index contributed by atoms with van der Waals surface area (Å²) in [5, 5.41) is 11.2. The quantitative estimate of drug-likeness (QED) is 0.585. The molecule has 1 atom stereocenters. The molecule has 1 aliphatic rings. The normalized spacial score (nSPS) is 21.1. The number of amides is 2. The van der Waals surface area contributed by atoms with Gasteiger partial charge in [-0.25, -0.2) is 0 Å². The molecule has 2 amide bonds. The Morgan fingerprint density at radius 2 is 2.20 bits per heavy atom. The minimum atomic E-state index is -0.379. The van der Waals surface area contributed by atoms with Crippen molar-refractivity contribution in [3.8, 4) is 0 Å². The standard InChI is InChI=1S/C10H18N2O3/c1-2-3-4-12(5-6-13)8-7-9(14)11-10(8)15/h8,13H,2-7H2,1H3,(H,11,14,15). The molecular weight excluding hydrogens is 196 g/mol. The van der Waals surface area contributed by atoms with Crippen LogP contribution in [0.3, 0.4) is 0 Å². The van der Waals surface area contributed by atoms with E-state index in [4.69, 9.17) is 5.11 Å². The molecule has 0 aromatic rings. The third-order valence-corrected chi connectivity index (χ3v) is 2.57. The molecule has 1 aliphatic heterocycles. The number of rotatable bonds is 6. The van der Waals surface area contributed by atoms with Crippen LogP contribution < -0.4 is 5.32 Å². The number of aliphatic hydroxyl groups is 1. The van der Waals surface area contributed by atoms with Gasteiger partial charge in [-0.1, -0.05) is 13.3 Å². The fourth-order valence-electron chi connectivity index (χ4n) is 1.75. The summed E-state index contributed by atoms with van der Waals surface area (Å²) >= 11 is 0. The van der Waals surface area contributed by atoms with Gasteiger partial charge in [0.05, 0.1) is 19.1 Å². The van der Waals surface area contributed by atoms with Gasteiger partial charge in [0.2, 0.25) is 11.8 Å². The zero-order valence-electron chi connectivity index (χ0n) is 9.03. The van der Waals surface area contributed by atoms with Gasteiger partial charge in [0.15, 0.2) is 0 Å². The van der Waals surface area contributed by atoms with Crippen molar-refractivity contribution in [2.75, 3.05) is 19.7 Å². The first-order chi connectivity index (χ1) is 7.19. The number of imide groups is 1. The Bertz CT molecular complexity index is 243. The molecule has 86 valence electrons. The lowest BCUT2D eigenvalue weighted by Crippen LogP contribution is -2.42. The second-order valence-corrected chi connectivity index (χ2v) is 3.75. The largest absolute Gasteiger partial charge is 0.395 e. The van der Waals surface area contributed by atoms with Gasteiger partial charge in [-0.2, -0.15) is 0 Å². The van der Waals surface area contributed by atoms with E-state index >= 15 is 0 Å². The molecule has 5 heteroatoms. The third kappa shape index (κ3) is 3.28. The molecule has 0 aromatic heterocycles. The number of nitrogens with zero attached hydrogens (tertiary/aromatic N) is 1. The molecule has 2 N–H and O–H groups in total. The molecule has 1 fully saturated rings. The average molecular weight is 214 g/mol. The zero-order valence-corrected chi connectivity index (χ0v) is 9.03. The summed E-state index contributed by atoms with van der Waals surface area (Å²) in [6.45, 7) is 3.28. The Morgan fingerprint density at radius 3 is 2.67 bits per heavy atom. The molecule has 0 saturated carbocycles.